The number of hydrogen-bond acceptors (Lipinski definition) is 7. The van der Waals surface area contributed by atoms with Crippen LogP contribution >= 0.6 is 11.6 Å². The minimum Gasteiger partial charge on any atom is -0.351 e. The summed E-state index contributed by atoms with van der Waals surface area (Å²) in [5, 5.41) is 15.0. The first-order chi connectivity index (χ1) is 13.7. The normalized spacial score (nSPS) is 21.2. The lowest BCUT2D eigenvalue weighted by molar-refractivity contribution is -0.116. The van der Waals surface area contributed by atoms with E-state index in [0.717, 1.165) is 17.0 Å². The number of aromatic nitrogens is 3. The maximum absolute atomic E-state index is 13.2. The van der Waals surface area contributed by atoms with E-state index in [9.17, 15) is 4.79 Å². The fourth-order valence-electron chi connectivity index (χ4n) is 3.84. The van der Waals surface area contributed by atoms with Crippen molar-refractivity contribution in [3.63, 3.8) is 0 Å². The molecule has 5 rings (SSSR count). The predicted octanol–water partition coefficient (Wildman–Crippen LogP) is 4.10. The van der Waals surface area contributed by atoms with Crippen LogP contribution in [0.4, 0.5) is 11.6 Å². The van der Waals surface area contributed by atoms with Crippen LogP contribution in [0, 0.1) is 0 Å². The van der Waals surface area contributed by atoms with Crippen molar-refractivity contribution in [1.82, 2.24) is 15.3 Å². The van der Waals surface area contributed by atoms with Gasteiger partial charge in [0.15, 0.2) is 5.78 Å². The van der Waals surface area contributed by atoms with Gasteiger partial charge in [0.2, 0.25) is 11.6 Å². The van der Waals surface area contributed by atoms with Gasteiger partial charge in [0.1, 0.15) is 6.04 Å². The highest BCUT2D eigenvalue weighted by Gasteiger charge is 2.37. The maximum atomic E-state index is 13.2. The maximum Gasteiger partial charge on any atom is 0.219 e. The van der Waals surface area contributed by atoms with E-state index in [1.165, 1.54) is 0 Å². The highest BCUT2D eigenvalue weighted by molar-refractivity contribution is 6.30. The summed E-state index contributed by atoms with van der Waals surface area (Å²) in [6.07, 6.45) is 2.80. The van der Waals surface area contributed by atoms with Crippen LogP contribution < -0.4 is 10.6 Å². The molecule has 0 bridgehead atoms. The number of pyridine rings is 1. The lowest BCUT2D eigenvalue weighted by Crippen LogP contribution is -2.27. The molecule has 7 nitrogen and oxygen atoms in total. The standard InChI is InChI=1S/C20H16ClN5O2/c21-13-6-4-11(5-7-13)12-9-15-17(16(27)10-12)18(14-3-1-2-8-22-14)24-20-19(23-15)25-28-26-20/h1-8,12,18H,9-10H2,(H,23,25)(H,24,26)/t12-,18+/m0/s1. The zero-order valence-corrected chi connectivity index (χ0v) is 15.5. The summed E-state index contributed by atoms with van der Waals surface area (Å²) < 4.78 is 4.87. The number of fused-ring (bicyclic) bond motifs is 1. The van der Waals surface area contributed by atoms with E-state index < -0.39 is 6.04 Å². The summed E-state index contributed by atoms with van der Waals surface area (Å²) >= 11 is 6.01. The van der Waals surface area contributed by atoms with Gasteiger partial charge in [0.25, 0.3) is 0 Å². The number of ketones is 1. The molecule has 2 N–H and O–H groups in total. The van der Waals surface area contributed by atoms with Gasteiger partial charge in [-0.05, 0) is 52.5 Å². The third-order valence-electron chi connectivity index (χ3n) is 5.16. The van der Waals surface area contributed by atoms with Gasteiger partial charge in [-0.2, -0.15) is 0 Å². The molecule has 1 aliphatic heterocycles. The van der Waals surface area contributed by atoms with Crippen LogP contribution in [-0.2, 0) is 4.79 Å². The number of benzene rings is 1. The largest absolute Gasteiger partial charge is 0.351 e. The predicted molar refractivity (Wildman–Crippen MR) is 104 cm³/mol. The molecule has 8 heteroatoms. The first-order valence-electron chi connectivity index (χ1n) is 8.98. The summed E-state index contributed by atoms with van der Waals surface area (Å²) in [5.41, 5.74) is 3.31. The van der Waals surface area contributed by atoms with Gasteiger partial charge in [-0.25, -0.2) is 4.63 Å². The number of carbonyl (C=O) groups is 1. The molecule has 3 heterocycles. The Balaban J connectivity index is 1.58. The summed E-state index contributed by atoms with van der Waals surface area (Å²) in [7, 11) is 0. The van der Waals surface area contributed by atoms with Crippen molar-refractivity contribution in [1.29, 1.82) is 0 Å². The van der Waals surface area contributed by atoms with Crippen molar-refractivity contribution in [3.05, 3.63) is 76.2 Å². The van der Waals surface area contributed by atoms with Gasteiger partial charge >= 0.3 is 0 Å². The minimum absolute atomic E-state index is 0.0572. The van der Waals surface area contributed by atoms with Gasteiger partial charge < -0.3 is 10.6 Å². The van der Waals surface area contributed by atoms with Crippen LogP contribution in [0.25, 0.3) is 0 Å². The number of nitrogens with one attached hydrogen (secondary N) is 2. The van der Waals surface area contributed by atoms with Gasteiger partial charge in [0, 0.05) is 28.9 Å². The number of carbonyl (C=O) groups excluding carboxylic acids is 1. The molecule has 0 saturated heterocycles. The molecule has 0 radical (unpaired) electrons. The van der Waals surface area contributed by atoms with Crippen LogP contribution in [0.15, 0.2) is 64.6 Å². The Morgan fingerprint density at radius 3 is 2.64 bits per heavy atom. The second kappa shape index (κ2) is 6.76. The van der Waals surface area contributed by atoms with Crippen molar-refractivity contribution < 1.29 is 9.42 Å². The quantitative estimate of drug-likeness (QED) is 0.677. The second-order valence-electron chi connectivity index (χ2n) is 6.89. The Kier molecular flexibility index (Phi) is 4.09. The second-order valence-corrected chi connectivity index (χ2v) is 7.33. The fraction of sp³-hybridized carbons (Fsp3) is 0.200. The van der Waals surface area contributed by atoms with Crippen molar-refractivity contribution in [2.75, 3.05) is 10.6 Å². The highest BCUT2D eigenvalue weighted by Crippen LogP contribution is 2.43. The van der Waals surface area contributed by atoms with Crippen molar-refractivity contribution in [2.24, 2.45) is 0 Å². The van der Waals surface area contributed by atoms with Crippen LogP contribution in [0.2, 0.25) is 5.02 Å². The van der Waals surface area contributed by atoms with E-state index in [2.05, 4.69) is 25.9 Å². The number of allylic oxidation sites excluding steroid dienone is 1. The third-order valence-corrected chi connectivity index (χ3v) is 5.41. The Morgan fingerprint density at radius 2 is 1.86 bits per heavy atom. The Labute approximate surface area is 165 Å². The summed E-state index contributed by atoms with van der Waals surface area (Å²) in [5.74, 6) is 1.05. The van der Waals surface area contributed by atoms with E-state index in [4.69, 9.17) is 16.2 Å². The molecule has 0 fully saturated rings. The molecule has 0 spiro atoms. The first kappa shape index (κ1) is 16.9. The lowest BCUT2D eigenvalue weighted by Gasteiger charge is -2.29. The van der Waals surface area contributed by atoms with Gasteiger partial charge in [-0.15, -0.1) is 0 Å². The van der Waals surface area contributed by atoms with E-state index >= 15 is 0 Å². The molecular weight excluding hydrogens is 378 g/mol. The Hall–Kier alpha value is -3.19. The summed E-state index contributed by atoms with van der Waals surface area (Å²) in [6.45, 7) is 0. The van der Waals surface area contributed by atoms with E-state index in [1.54, 1.807) is 6.20 Å². The average Bonchev–Trinajstić information content (AvgIpc) is 3.08. The molecular formula is C20H16ClN5O2. The number of hydrogen-bond donors (Lipinski definition) is 2. The van der Waals surface area contributed by atoms with E-state index in [1.807, 2.05) is 42.5 Å². The molecule has 2 atom stereocenters. The SMILES string of the molecule is O=C1C[C@@H](c2ccc(Cl)cc2)CC2=C1[C@@H](c1ccccn1)Nc1nonc1N2. The third kappa shape index (κ3) is 2.93. The molecule has 1 aromatic carbocycles. The van der Waals surface area contributed by atoms with Crippen LogP contribution in [0.5, 0.6) is 0 Å². The molecule has 0 amide bonds. The average molecular weight is 394 g/mol. The van der Waals surface area contributed by atoms with Crippen molar-refractivity contribution in [2.45, 2.75) is 24.8 Å². The monoisotopic (exact) mass is 393 g/mol. The lowest BCUT2D eigenvalue weighted by atomic mass is 9.79. The van der Waals surface area contributed by atoms with Crippen molar-refractivity contribution >= 4 is 29.0 Å². The van der Waals surface area contributed by atoms with Crippen LogP contribution in [-0.4, -0.2) is 21.1 Å². The van der Waals surface area contributed by atoms with Gasteiger partial charge in [-0.3, -0.25) is 9.78 Å². The molecule has 1 aliphatic carbocycles. The number of nitrogens with zero attached hydrogens (tertiary/aromatic N) is 3. The molecule has 3 aromatic rings. The smallest absolute Gasteiger partial charge is 0.219 e. The number of halogens is 1. The van der Waals surface area contributed by atoms with Crippen LogP contribution in [0.3, 0.4) is 0 Å². The highest BCUT2D eigenvalue weighted by atomic mass is 35.5. The number of Topliss-reactive ketones (excluding diaryl/α,β-unsaturated/α-hetero) is 1. The van der Waals surface area contributed by atoms with E-state index in [0.29, 0.717) is 35.1 Å². The molecule has 0 unspecified atom stereocenters. The summed E-state index contributed by atoms with van der Waals surface area (Å²) in [6, 6.07) is 12.9. The first-order valence-corrected chi connectivity index (χ1v) is 9.35. The zero-order valence-electron chi connectivity index (χ0n) is 14.7. The van der Waals surface area contributed by atoms with Crippen LogP contribution in [0.1, 0.15) is 36.1 Å². The topological polar surface area (TPSA) is 92.9 Å². The Morgan fingerprint density at radius 1 is 1.04 bits per heavy atom. The molecule has 0 saturated carbocycles. The summed E-state index contributed by atoms with van der Waals surface area (Å²) in [4.78, 5) is 17.7. The number of rotatable bonds is 2. The van der Waals surface area contributed by atoms with Crippen molar-refractivity contribution in [3.8, 4) is 0 Å². The molecule has 2 aromatic heterocycles. The minimum atomic E-state index is -0.421. The van der Waals surface area contributed by atoms with Gasteiger partial charge in [0.05, 0.1) is 5.69 Å². The van der Waals surface area contributed by atoms with E-state index in [-0.39, 0.29) is 11.7 Å². The van der Waals surface area contributed by atoms with Gasteiger partial charge in [-0.1, -0.05) is 29.8 Å². The molecule has 28 heavy (non-hydrogen) atoms. The molecule has 140 valence electrons. The number of anilines is 2. The molecule has 2 aliphatic rings. The zero-order chi connectivity index (χ0) is 19.1. The Bertz CT molecular complexity index is 1060. The fourth-order valence-corrected chi connectivity index (χ4v) is 3.97.